The van der Waals surface area contributed by atoms with Gasteiger partial charge in [-0.3, -0.25) is 4.79 Å². The van der Waals surface area contributed by atoms with Crippen molar-refractivity contribution in [2.75, 3.05) is 0 Å². The molecule has 1 aliphatic rings. The second kappa shape index (κ2) is 3.85. The first kappa shape index (κ1) is 7.91. The van der Waals surface area contributed by atoms with Gasteiger partial charge in [-0.05, 0) is 12.8 Å². The van der Waals surface area contributed by atoms with Crippen molar-refractivity contribution in [3.05, 3.63) is 0 Å². The Hall–Kier alpha value is -1.19. The molecule has 0 radical (unpaired) electrons. The molecule has 0 aromatic rings. The van der Waals surface area contributed by atoms with Gasteiger partial charge in [-0.25, -0.2) is 5.43 Å². The summed E-state index contributed by atoms with van der Waals surface area (Å²) >= 11 is 0. The zero-order valence-corrected chi connectivity index (χ0v) is 6.17. The molecule has 0 aromatic heterocycles. The lowest BCUT2D eigenvalue weighted by atomic mass is 10.1. The molecule has 11 heavy (non-hydrogen) atoms. The number of hydrazone groups is 1. The maximum absolute atomic E-state index is 10.6. The predicted molar refractivity (Wildman–Crippen MR) is 40.1 cm³/mol. The number of nitrogens with zero attached hydrogens (tertiary/aromatic N) is 1. The lowest BCUT2D eigenvalue weighted by Gasteiger charge is -2.09. The third-order valence-electron chi connectivity index (χ3n) is 1.53. The molecule has 0 saturated carbocycles. The average Bonchev–Trinajstić information content (AvgIpc) is 2.04. The Morgan fingerprint density at radius 1 is 1.55 bits per heavy atom. The van der Waals surface area contributed by atoms with Crippen molar-refractivity contribution in [3.8, 4) is 0 Å². The van der Waals surface area contributed by atoms with Crippen LogP contribution >= 0.6 is 0 Å². The lowest BCUT2D eigenvalue weighted by Crippen LogP contribution is -2.25. The number of carbonyl (C=O) groups is 2. The molecule has 0 unspecified atom stereocenters. The van der Waals surface area contributed by atoms with Crippen molar-refractivity contribution < 1.29 is 9.59 Å². The van der Waals surface area contributed by atoms with E-state index >= 15 is 0 Å². The summed E-state index contributed by atoms with van der Waals surface area (Å²) in [4.78, 5) is 20.6. The van der Waals surface area contributed by atoms with Crippen LogP contribution in [0, 0.1) is 0 Å². The molecule has 1 aliphatic heterocycles. The Morgan fingerprint density at radius 2 is 2.36 bits per heavy atom. The van der Waals surface area contributed by atoms with Crippen LogP contribution < -0.4 is 5.43 Å². The fourth-order valence-corrected chi connectivity index (χ4v) is 0.917. The molecule has 0 atom stereocenters. The summed E-state index contributed by atoms with van der Waals surface area (Å²) in [6.45, 7) is 0. The summed E-state index contributed by atoms with van der Waals surface area (Å²) in [6, 6.07) is 0. The van der Waals surface area contributed by atoms with Crippen LogP contribution in [0.5, 0.6) is 0 Å². The van der Waals surface area contributed by atoms with Gasteiger partial charge in [0.15, 0.2) is 0 Å². The van der Waals surface area contributed by atoms with Crippen LogP contribution in [-0.2, 0) is 9.59 Å². The fourth-order valence-electron chi connectivity index (χ4n) is 0.917. The van der Waals surface area contributed by atoms with E-state index in [4.69, 9.17) is 0 Å². The standard InChI is InChI=1S/C7H10N2O2/c10-5-1-2-6-3-4-7(11)9-8-6/h5H,1-4H2,(H,9,11). The maximum atomic E-state index is 10.6. The third-order valence-corrected chi connectivity index (χ3v) is 1.53. The molecule has 0 bridgehead atoms. The smallest absolute Gasteiger partial charge is 0.240 e. The number of hydrogen-bond donors (Lipinski definition) is 1. The van der Waals surface area contributed by atoms with E-state index in [-0.39, 0.29) is 5.91 Å². The molecule has 0 aromatic carbocycles. The van der Waals surface area contributed by atoms with Gasteiger partial charge < -0.3 is 4.79 Å². The molecule has 4 heteroatoms. The summed E-state index contributed by atoms with van der Waals surface area (Å²) in [5, 5.41) is 3.81. The zero-order valence-electron chi connectivity index (χ0n) is 6.17. The first-order chi connectivity index (χ1) is 5.33. The van der Waals surface area contributed by atoms with Gasteiger partial charge >= 0.3 is 0 Å². The quantitative estimate of drug-likeness (QED) is 0.591. The SMILES string of the molecule is O=CCCC1=NNC(=O)CC1. The van der Waals surface area contributed by atoms with Crippen LogP contribution in [0.15, 0.2) is 5.10 Å². The van der Waals surface area contributed by atoms with Crippen LogP contribution in [0.4, 0.5) is 0 Å². The molecule has 4 nitrogen and oxygen atoms in total. The Labute approximate surface area is 64.7 Å². The van der Waals surface area contributed by atoms with Gasteiger partial charge in [0, 0.05) is 18.6 Å². The van der Waals surface area contributed by atoms with Gasteiger partial charge in [0.25, 0.3) is 0 Å². The molecular weight excluding hydrogens is 144 g/mol. The third kappa shape index (κ3) is 2.49. The number of carbonyl (C=O) groups excluding carboxylic acids is 2. The minimum atomic E-state index is -0.0418. The van der Waals surface area contributed by atoms with Gasteiger partial charge in [0.05, 0.1) is 0 Å². The summed E-state index contributed by atoms with van der Waals surface area (Å²) in [5.41, 5.74) is 3.29. The van der Waals surface area contributed by atoms with E-state index in [9.17, 15) is 9.59 Å². The predicted octanol–water partition coefficient (Wildman–Crippen LogP) is 0.231. The molecule has 0 aliphatic carbocycles. The molecule has 0 saturated heterocycles. The van der Waals surface area contributed by atoms with Crippen molar-refractivity contribution in [2.45, 2.75) is 25.7 Å². The van der Waals surface area contributed by atoms with E-state index in [1.807, 2.05) is 0 Å². The van der Waals surface area contributed by atoms with Gasteiger partial charge in [-0.1, -0.05) is 0 Å². The van der Waals surface area contributed by atoms with Crippen molar-refractivity contribution in [2.24, 2.45) is 5.10 Å². The van der Waals surface area contributed by atoms with E-state index in [1.54, 1.807) is 0 Å². The zero-order chi connectivity index (χ0) is 8.10. The Bertz CT molecular complexity index is 199. The Morgan fingerprint density at radius 3 is 2.91 bits per heavy atom. The van der Waals surface area contributed by atoms with E-state index in [1.165, 1.54) is 0 Å². The van der Waals surface area contributed by atoms with Crippen LogP contribution in [-0.4, -0.2) is 17.9 Å². The van der Waals surface area contributed by atoms with Crippen molar-refractivity contribution in [1.29, 1.82) is 0 Å². The monoisotopic (exact) mass is 154 g/mol. The van der Waals surface area contributed by atoms with E-state index < -0.39 is 0 Å². The average molecular weight is 154 g/mol. The number of hydrogen-bond acceptors (Lipinski definition) is 3. The van der Waals surface area contributed by atoms with Gasteiger partial charge in [0.2, 0.25) is 5.91 Å². The molecule has 0 fully saturated rings. The molecule has 1 heterocycles. The Balaban J connectivity index is 2.35. The fraction of sp³-hybridized carbons (Fsp3) is 0.571. The molecule has 60 valence electrons. The molecule has 0 spiro atoms. The molecule has 1 N–H and O–H groups in total. The molecule has 1 rings (SSSR count). The second-order valence-corrected chi connectivity index (χ2v) is 2.42. The highest BCUT2D eigenvalue weighted by molar-refractivity contribution is 5.93. The lowest BCUT2D eigenvalue weighted by molar-refractivity contribution is -0.121. The van der Waals surface area contributed by atoms with Gasteiger partial charge in [-0.2, -0.15) is 5.10 Å². The van der Waals surface area contributed by atoms with Crippen LogP contribution in [0.1, 0.15) is 25.7 Å². The minimum absolute atomic E-state index is 0.0418. The van der Waals surface area contributed by atoms with E-state index in [2.05, 4.69) is 10.5 Å². The number of nitrogens with one attached hydrogen (secondary N) is 1. The van der Waals surface area contributed by atoms with E-state index in [0.29, 0.717) is 25.7 Å². The van der Waals surface area contributed by atoms with Gasteiger partial charge in [0.1, 0.15) is 6.29 Å². The van der Waals surface area contributed by atoms with Crippen molar-refractivity contribution >= 4 is 17.9 Å². The first-order valence-corrected chi connectivity index (χ1v) is 3.61. The van der Waals surface area contributed by atoms with Crippen LogP contribution in [0.3, 0.4) is 0 Å². The van der Waals surface area contributed by atoms with Crippen molar-refractivity contribution in [1.82, 2.24) is 5.43 Å². The molecular formula is C7H10N2O2. The summed E-state index contributed by atoms with van der Waals surface area (Å²) < 4.78 is 0. The second-order valence-electron chi connectivity index (χ2n) is 2.42. The van der Waals surface area contributed by atoms with Crippen LogP contribution in [0.2, 0.25) is 0 Å². The Kier molecular flexibility index (Phi) is 2.77. The summed E-state index contributed by atoms with van der Waals surface area (Å²) in [6.07, 6.45) is 3.22. The summed E-state index contributed by atoms with van der Waals surface area (Å²) in [7, 11) is 0. The minimum Gasteiger partial charge on any atom is -0.303 e. The number of aldehydes is 1. The van der Waals surface area contributed by atoms with E-state index in [0.717, 1.165) is 12.0 Å². The van der Waals surface area contributed by atoms with Gasteiger partial charge in [-0.15, -0.1) is 0 Å². The number of amides is 1. The normalized spacial score (nSPS) is 17.1. The number of rotatable bonds is 3. The highest BCUT2D eigenvalue weighted by atomic mass is 16.2. The highest BCUT2D eigenvalue weighted by Gasteiger charge is 2.09. The van der Waals surface area contributed by atoms with Crippen LogP contribution in [0.25, 0.3) is 0 Å². The summed E-state index contributed by atoms with van der Waals surface area (Å²) in [5.74, 6) is -0.0418. The molecule has 1 amide bonds. The largest absolute Gasteiger partial charge is 0.303 e. The maximum Gasteiger partial charge on any atom is 0.240 e. The highest BCUT2D eigenvalue weighted by Crippen LogP contribution is 2.03. The first-order valence-electron chi connectivity index (χ1n) is 3.61. The topological polar surface area (TPSA) is 58.5 Å². The van der Waals surface area contributed by atoms with Crippen molar-refractivity contribution in [3.63, 3.8) is 0 Å².